The Morgan fingerprint density at radius 3 is 2.69 bits per heavy atom. The SMILES string of the molecule is CC(C)C1CCCN(CC(C)(N)C#N)CC1. The van der Waals surface area contributed by atoms with Crippen LogP contribution >= 0.6 is 0 Å². The minimum Gasteiger partial charge on any atom is -0.313 e. The fourth-order valence-electron chi connectivity index (χ4n) is 2.51. The summed E-state index contributed by atoms with van der Waals surface area (Å²) in [6.07, 6.45) is 3.81. The highest BCUT2D eigenvalue weighted by molar-refractivity contribution is 5.03. The molecule has 0 bridgehead atoms. The van der Waals surface area contributed by atoms with E-state index in [0.29, 0.717) is 6.54 Å². The van der Waals surface area contributed by atoms with Gasteiger partial charge in [-0.3, -0.25) is 0 Å². The summed E-state index contributed by atoms with van der Waals surface area (Å²) in [5.41, 5.74) is 5.19. The lowest BCUT2D eigenvalue weighted by Crippen LogP contribution is -2.47. The van der Waals surface area contributed by atoms with E-state index in [0.717, 1.165) is 24.9 Å². The summed E-state index contributed by atoms with van der Waals surface area (Å²) >= 11 is 0. The highest BCUT2D eigenvalue weighted by atomic mass is 15.1. The van der Waals surface area contributed by atoms with Gasteiger partial charge in [0.25, 0.3) is 0 Å². The fourth-order valence-corrected chi connectivity index (χ4v) is 2.51. The Hall–Kier alpha value is -0.590. The third-order valence-corrected chi connectivity index (χ3v) is 3.62. The van der Waals surface area contributed by atoms with Crippen molar-refractivity contribution in [1.82, 2.24) is 4.90 Å². The maximum absolute atomic E-state index is 8.93. The molecule has 3 heteroatoms. The van der Waals surface area contributed by atoms with E-state index in [1.807, 2.05) is 6.92 Å². The second-order valence-corrected chi connectivity index (χ2v) is 5.74. The molecule has 0 spiro atoms. The average Bonchev–Trinajstić information content (AvgIpc) is 2.43. The first kappa shape index (κ1) is 13.5. The summed E-state index contributed by atoms with van der Waals surface area (Å²) in [7, 11) is 0. The summed E-state index contributed by atoms with van der Waals surface area (Å²) in [4.78, 5) is 2.35. The predicted octanol–water partition coefficient (Wildman–Crippen LogP) is 1.99. The average molecular weight is 223 g/mol. The molecule has 0 aliphatic carbocycles. The van der Waals surface area contributed by atoms with Crippen LogP contribution in [-0.2, 0) is 0 Å². The van der Waals surface area contributed by atoms with E-state index in [4.69, 9.17) is 11.0 Å². The van der Waals surface area contributed by atoms with Crippen molar-refractivity contribution in [3.8, 4) is 6.07 Å². The van der Waals surface area contributed by atoms with Gasteiger partial charge in [-0.25, -0.2) is 0 Å². The molecule has 92 valence electrons. The zero-order chi connectivity index (χ0) is 12.2. The van der Waals surface area contributed by atoms with Gasteiger partial charge in [0.2, 0.25) is 0 Å². The monoisotopic (exact) mass is 223 g/mol. The van der Waals surface area contributed by atoms with E-state index in [2.05, 4.69) is 24.8 Å². The van der Waals surface area contributed by atoms with Gasteiger partial charge in [-0.15, -0.1) is 0 Å². The summed E-state index contributed by atoms with van der Waals surface area (Å²) in [6, 6.07) is 2.18. The van der Waals surface area contributed by atoms with Crippen LogP contribution in [0.1, 0.15) is 40.0 Å². The predicted molar refractivity (Wildman–Crippen MR) is 66.8 cm³/mol. The van der Waals surface area contributed by atoms with Crippen molar-refractivity contribution in [2.24, 2.45) is 17.6 Å². The topological polar surface area (TPSA) is 53.0 Å². The van der Waals surface area contributed by atoms with Crippen molar-refractivity contribution in [1.29, 1.82) is 5.26 Å². The van der Waals surface area contributed by atoms with Gasteiger partial charge < -0.3 is 10.6 Å². The Kier molecular flexibility index (Phi) is 4.76. The molecule has 2 atom stereocenters. The fraction of sp³-hybridized carbons (Fsp3) is 0.923. The first-order valence-corrected chi connectivity index (χ1v) is 6.37. The molecule has 1 saturated heterocycles. The molecule has 2 unspecified atom stereocenters. The van der Waals surface area contributed by atoms with Gasteiger partial charge in [-0.1, -0.05) is 13.8 Å². The summed E-state index contributed by atoms with van der Waals surface area (Å²) in [5.74, 6) is 1.62. The van der Waals surface area contributed by atoms with Crippen LogP contribution in [0.5, 0.6) is 0 Å². The van der Waals surface area contributed by atoms with Gasteiger partial charge >= 0.3 is 0 Å². The van der Waals surface area contributed by atoms with Crippen LogP contribution in [0.3, 0.4) is 0 Å². The van der Waals surface area contributed by atoms with E-state index in [1.165, 1.54) is 19.3 Å². The zero-order valence-corrected chi connectivity index (χ0v) is 10.9. The number of hydrogen-bond acceptors (Lipinski definition) is 3. The molecule has 3 nitrogen and oxygen atoms in total. The largest absolute Gasteiger partial charge is 0.313 e. The van der Waals surface area contributed by atoms with E-state index in [1.54, 1.807) is 0 Å². The number of rotatable bonds is 3. The Balaban J connectivity index is 2.45. The maximum Gasteiger partial charge on any atom is 0.114 e. The van der Waals surface area contributed by atoms with Gasteiger partial charge in [0.05, 0.1) is 6.07 Å². The van der Waals surface area contributed by atoms with E-state index < -0.39 is 5.54 Å². The number of hydrogen-bond donors (Lipinski definition) is 1. The molecule has 0 aromatic carbocycles. The van der Waals surface area contributed by atoms with E-state index in [9.17, 15) is 0 Å². The number of likely N-dealkylation sites (tertiary alicyclic amines) is 1. The third-order valence-electron chi connectivity index (χ3n) is 3.62. The smallest absolute Gasteiger partial charge is 0.114 e. The first-order valence-electron chi connectivity index (χ1n) is 6.37. The van der Waals surface area contributed by atoms with Crippen molar-refractivity contribution in [2.45, 2.75) is 45.6 Å². The summed E-state index contributed by atoms with van der Waals surface area (Å²) < 4.78 is 0. The second-order valence-electron chi connectivity index (χ2n) is 5.74. The van der Waals surface area contributed by atoms with Crippen LogP contribution in [0.4, 0.5) is 0 Å². The van der Waals surface area contributed by atoms with Gasteiger partial charge in [-0.2, -0.15) is 5.26 Å². The number of nitrogens with two attached hydrogens (primary N) is 1. The van der Waals surface area contributed by atoms with E-state index in [-0.39, 0.29) is 0 Å². The van der Waals surface area contributed by atoms with Gasteiger partial charge in [0, 0.05) is 6.54 Å². The van der Waals surface area contributed by atoms with E-state index >= 15 is 0 Å². The van der Waals surface area contributed by atoms with Gasteiger partial charge in [0.15, 0.2) is 0 Å². The van der Waals surface area contributed by atoms with Crippen molar-refractivity contribution in [2.75, 3.05) is 19.6 Å². The van der Waals surface area contributed by atoms with Crippen LogP contribution in [0.25, 0.3) is 0 Å². The molecular formula is C13H25N3. The lowest BCUT2D eigenvalue weighted by atomic mass is 9.89. The highest BCUT2D eigenvalue weighted by Gasteiger charge is 2.25. The molecule has 1 fully saturated rings. The molecule has 1 rings (SSSR count). The minimum atomic E-state index is -0.697. The third kappa shape index (κ3) is 4.11. The molecule has 1 heterocycles. The van der Waals surface area contributed by atoms with Gasteiger partial charge in [0.1, 0.15) is 5.54 Å². The Morgan fingerprint density at radius 1 is 1.44 bits per heavy atom. The molecule has 0 aromatic heterocycles. The molecule has 0 amide bonds. The summed E-state index contributed by atoms with van der Waals surface area (Å²) in [6.45, 7) is 9.33. The van der Waals surface area contributed by atoms with Crippen molar-refractivity contribution in [3.05, 3.63) is 0 Å². The van der Waals surface area contributed by atoms with Crippen LogP contribution in [0.2, 0.25) is 0 Å². The molecule has 0 saturated carbocycles. The minimum absolute atomic E-state index is 0.697. The Labute approximate surface area is 99.6 Å². The van der Waals surface area contributed by atoms with Crippen LogP contribution in [0.15, 0.2) is 0 Å². The Morgan fingerprint density at radius 2 is 2.12 bits per heavy atom. The normalized spacial score (nSPS) is 27.1. The molecule has 16 heavy (non-hydrogen) atoms. The standard InChI is InChI=1S/C13H25N3/c1-11(2)12-5-4-7-16(8-6-12)10-13(3,15)9-14/h11-12H,4-8,10,15H2,1-3H3. The molecule has 0 aromatic rings. The van der Waals surface area contributed by atoms with Crippen LogP contribution in [0, 0.1) is 23.2 Å². The first-order chi connectivity index (χ1) is 7.44. The molecule has 2 N–H and O–H groups in total. The lowest BCUT2D eigenvalue weighted by molar-refractivity contribution is 0.241. The second kappa shape index (κ2) is 5.65. The zero-order valence-electron chi connectivity index (χ0n) is 10.9. The van der Waals surface area contributed by atoms with Crippen molar-refractivity contribution in [3.63, 3.8) is 0 Å². The number of nitriles is 1. The Bertz CT molecular complexity index is 252. The van der Waals surface area contributed by atoms with Crippen LogP contribution < -0.4 is 5.73 Å². The molecule has 1 aliphatic heterocycles. The molecule has 0 radical (unpaired) electrons. The van der Waals surface area contributed by atoms with Gasteiger partial charge in [-0.05, 0) is 51.1 Å². The van der Waals surface area contributed by atoms with Crippen molar-refractivity contribution >= 4 is 0 Å². The highest BCUT2D eigenvalue weighted by Crippen LogP contribution is 2.24. The molecule has 1 aliphatic rings. The van der Waals surface area contributed by atoms with Crippen LogP contribution in [-0.4, -0.2) is 30.1 Å². The number of nitrogens with zero attached hydrogens (tertiary/aromatic N) is 2. The van der Waals surface area contributed by atoms with Crippen molar-refractivity contribution < 1.29 is 0 Å². The lowest BCUT2D eigenvalue weighted by Gasteiger charge is -2.26. The quantitative estimate of drug-likeness (QED) is 0.796. The summed E-state index contributed by atoms with van der Waals surface area (Å²) in [5, 5.41) is 8.93. The maximum atomic E-state index is 8.93. The molecular weight excluding hydrogens is 198 g/mol.